The minimum Gasteiger partial charge on any atom is -0.326 e. The van der Waals surface area contributed by atoms with Gasteiger partial charge in [0.1, 0.15) is 0 Å². The summed E-state index contributed by atoms with van der Waals surface area (Å²) in [4.78, 5) is 19.4. The van der Waals surface area contributed by atoms with Gasteiger partial charge in [-0.3, -0.25) is 9.79 Å². The van der Waals surface area contributed by atoms with E-state index in [9.17, 15) is 9.18 Å². The molecule has 0 aliphatic carbocycles. The van der Waals surface area contributed by atoms with E-state index in [4.69, 9.17) is 0 Å². The molecule has 1 aromatic carbocycles. The highest BCUT2D eigenvalue weighted by Crippen LogP contribution is 2.30. The highest BCUT2D eigenvalue weighted by molar-refractivity contribution is 6.03. The van der Waals surface area contributed by atoms with Crippen LogP contribution in [0.2, 0.25) is 0 Å². The lowest BCUT2D eigenvalue weighted by Gasteiger charge is -2.16. The maximum atomic E-state index is 12.9. The molecule has 3 rings (SSSR count). The summed E-state index contributed by atoms with van der Waals surface area (Å²) in [6.07, 6.45) is 3.16. The molecular formula is C16H14FN3O. The molecule has 0 unspecified atom stereocenters. The zero-order valence-electron chi connectivity index (χ0n) is 11.6. The van der Waals surface area contributed by atoms with E-state index in [0.717, 1.165) is 41.1 Å². The number of rotatable bonds is 2. The molecule has 0 spiro atoms. The van der Waals surface area contributed by atoms with Crippen molar-refractivity contribution in [1.82, 2.24) is 4.98 Å². The van der Waals surface area contributed by atoms with Gasteiger partial charge in [-0.2, -0.15) is 4.39 Å². The van der Waals surface area contributed by atoms with Crippen molar-refractivity contribution in [1.29, 1.82) is 0 Å². The summed E-state index contributed by atoms with van der Waals surface area (Å²) in [7, 11) is 0. The first kappa shape index (κ1) is 13.4. The van der Waals surface area contributed by atoms with Gasteiger partial charge in [-0.05, 0) is 42.7 Å². The maximum absolute atomic E-state index is 12.9. The van der Waals surface area contributed by atoms with Crippen LogP contribution in [0.15, 0.2) is 41.5 Å². The summed E-state index contributed by atoms with van der Waals surface area (Å²) >= 11 is 0. The number of nitrogens with zero attached hydrogens (tertiary/aromatic N) is 2. The van der Waals surface area contributed by atoms with Gasteiger partial charge in [-0.1, -0.05) is 6.07 Å². The van der Waals surface area contributed by atoms with Gasteiger partial charge in [0.15, 0.2) is 0 Å². The number of amides is 1. The van der Waals surface area contributed by atoms with E-state index in [1.54, 1.807) is 6.07 Å². The lowest BCUT2D eigenvalue weighted by Crippen LogP contribution is -2.09. The average molecular weight is 283 g/mol. The fraction of sp³-hybridized carbons (Fsp3) is 0.188. The number of aliphatic imine (C=N–C) groups is 1. The second kappa shape index (κ2) is 5.44. The van der Waals surface area contributed by atoms with Crippen molar-refractivity contribution in [2.75, 3.05) is 5.32 Å². The van der Waals surface area contributed by atoms with E-state index in [2.05, 4.69) is 15.3 Å². The first-order valence-electron chi connectivity index (χ1n) is 6.72. The number of aromatic nitrogens is 1. The number of benzene rings is 1. The monoisotopic (exact) mass is 283 g/mol. The van der Waals surface area contributed by atoms with E-state index in [0.29, 0.717) is 0 Å². The first-order valence-corrected chi connectivity index (χ1v) is 6.72. The molecule has 1 aliphatic heterocycles. The van der Waals surface area contributed by atoms with Gasteiger partial charge < -0.3 is 5.32 Å². The Morgan fingerprint density at radius 1 is 1.24 bits per heavy atom. The molecule has 4 nitrogen and oxygen atoms in total. The highest BCUT2D eigenvalue weighted by atomic mass is 19.1. The van der Waals surface area contributed by atoms with Crippen LogP contribution in [0.25, 0.3) is 0 Å². The van der Waals surface area contributed by atoms with Gasteiger partial charge in [-0.25, -0.2) is 4.98 Å². The van der Waals surface area contributed by atoms with Crippen LogP contribution in [0, 0.1) is 5.95 Å². The van der Waals surface area contributed by atoms with Crippen molar-refractivity contribution in [3.63, 3.8) is 0 Å². The topological polar surface area (TPSA) is 54.4 Å². The van der Waals surface area contributed by atoms with E-state index in [1.165, 1.54) is 19.2 Å². The zero-order chi connectivity index (χ0) is 14.8. The third kappa shape index (κ3) is 2.97. The number of carbonyl (C=O) groups excluding carboxylic acids is 1. The molecule has 1 N–H and O–H groups in total. The molecule has 0 bridgehead atoms. The molecule has 1 amide bonds. The highest BCUT2D eigenvalue weighted by Gasteiger charge is 2.14. The molecule has 1 aromatic heterocycles. The van der Waals surface area contributed by atoms with Crippen molar-refractivity contribution in [3.05, 3.63) is 53.6 Å². The molecule has 2 heterocycles. The molecule has 0 atom stereocenters. The van der Waals surface area contributed by atoms with Crippen LogP contribution in [-0.2, 0) is 11.2 Å². The van der Waals surface area contributed by atoms with Crippen LogP contribution in [-0.4, -0.2) is 16.6 Å². The number of hydrogen-bond acceptors (Lipinski definition) is 3. The standard InChI is InChI=1S/C16H14FN3O/c1-10(21)19-13-5-2-11-3-6-14(20-15(11)8-13)12-4-7-16(17)18-9-12/h2,4-5,7-9H,3,6H2,1H3,(H,19,21). The van der Waals surface area contributed by atoms with Gasteiger partial charge in [0, 0.05) is 24.4 Å². The molecule has 0 saturated carbocycles. The molecule has 1 aliphatic rings. The van der Waals surface area contributed by atoms with Crippen molar-refractivity contribution >= 4 is 23.0 Å². The van der Waals surface area contributed by atoms with Gasteiger partial charge in [0.05, 0.1) is 11.4 Å². The molecule has 0 radical (unpaired) electrons. The molecule has 0 saturated heterocycles. The molecule has 2 aromatic rings. The minimum absolute atomic E-state index is 0.113. The van der Waals surface area contributed by atoms with Crippen LogP contribution in [0.4, 0.5) is 15.8 Å². The van der Waals surface area contributed by atoms with Crippen molar-refractivity contribution in [2.45, 2.75) is 19.8 Å². The Morgan fingerprint density at radius 2 is 2.10 bits per heavy atom. The zero-order valence-corrected chi connectivity index (χ0v) is 11.6. The number of halogens is 1. The number of carbonyl (C=O) groups is 1. The van der Waals surface area contributed by atoms with E-state index < -0.39 is 5.95 Å². The molecule has 21 heavy (non-hydrogen) atoms. The third-order valence-electron chi connectivity index (χ3n) is 3.35. The lowest BCUT2D eigenvalue weighted by molar-refractivity contribution is -0.114. The lowest BCUT2D eigenvalue weighted by atomic mass is 9.98. The number of anilines is 1. The van der Waals surface area contributed by atoms with Crippen molar-refractivity contribution < 1.29 is 9.18 Å². The van der Waals surface area contributed by atoms with Gasteiger partial charge in [0.25, 0.3) is 0 Å². The number of fused-ring (bicyclic) bond motifs is 1. The Bertz CT molecular complexity index is 723. The van der Waals surface area contributed by atoms with E-state index in [1.807, 2.05) is 18.2 Å². The largest absolute Gasteiger partial charge is 0.326 e. The fourth-order valence-corrected chi connectivity index (χ4v) is 2.37. The van der Waals surface area contributed by atoms with Gasteiger partial charge in [0.2, 0.25) is 11.9 Å². The number of nitrogens with one attached hydrogen (secondary N) is 1. The van der Waals surface area contributed by atoms with Crippen LogP contribution in [0.3, 0.4) is 0 Å². The fourth-order valence-electron chi connectivity index (χ4n) is 2.37. The Morgan fingerprint density at radius 3 is 2.81 bits per heavy atom. The van der Waals surface area contributed by atoms with Crippen LogP contribution in [0.5, 0.6) is 0 Å². The van der Waals surface area contributed by atoms with Gasteiger partial charge >= 0.3 is 0 Å². The second-order valence-corrected chi connectivity index (χ2v) is 4.95. The average Bonchev–Trinajstić information content (AvgIpc) is 2.46. The third-order valence-corrected chi connectivity index (χ3v) is 3.35. The maximum Gasteiger partial charge on any atom is 0.221 e. The summed E-state index contributed by atoms with van der Waals surface area (Å²) in [5.41, 5.74) is 4.42. The number of pyridine rings is 1. The first-order chi connectivity index (χ1) is 10.1. The van der Waals surface area contributed by atoms with E-state index in [-0.39, 0.29) is 5.91 Å². The summed E-state index contributed by atoms with van der Waals surface area (Å²) in [5.74, 6) is -0.610. The van der Waals surface area contributed by atoms with Gasteiger partial charge in [-0.15, -0.1) is 0 Å². The molecular weight excluding hydrogens is 269 g/mol. The molecule has 106 valence electrons. The Kier molecular flexibility index (Phi) is 3.48. The summed E-state index contributed by atoms with van der Waals surface area (Å²) in [6.45, 7) is 1.47. The van der Waals surface area contributed by atoms with Crippen molar-refractivity contribution in [2.24, 2.45) is 4.99 Å². The normalized spacial score (nSPS) is 13.3. The van der Waals surface area contributed by atoms with Crippen LogP contribution in [0.1, 0.15) is 24.5 Å². The summed E-state index contributed by atoms with van der Waals surface area (Å²) in [5, 5.41) is 2.75. The predicted octanol–water partition coefficient (Wildman–Crippen LogP) is 3.25. The smallest absolute Gasteiger partial charge is 0.221 e. The minimum atomic E-state index is -0.497. The van der Waals surface area contributed by atoms with Crippen LogP contribution < -0.4 is 5.32 Å². The van der Waals surface area contributed by atoms with E-state index >= 15 is 0 Å². The van der Waals surface area contributed by atoms with Crippen molar-refractivity contribution in [3.8, 4) is 0 Å². The number of hydrogen-bond donors (Lipinski definition) is 1. The Labute approximate surface area is 121 Å². The Balaban J connectivity index is 1.95. The number of aryl methyl sites for hydroxylation is 1. The quantitative estimate of drug-likeness (QED) is 0.860. The predicted molar refractivity (Wildman–Crippen MR) is 79.5 cm³/mol. The molecule has 5 heteroatoms. The second-order valence-electron chi connectivity index (χ2n) is 4.95. The summed E-state index contributed by atoms with van der Waals surface area (Å²) < 4.78 is 12.9. The molecule has 0 fully saturated rings. The van der Waals surface area contributed by atoms with Crippen LogP contribution >= 0.6 is 0 Å². The SMILES string of the molecule is CC(=O)Nc1ccc2c(c1)N=C(c1ccc(F)nc1)CC2. The summed E-state index contributed by atoms with van der Waals surface area (Å²) in [6, 6.07) is 8.72. The Hall–Kier alpha value is -2.56.